The largest absolute Gasteiger partial charge is 0.497 e. The van der Waals surface area contributed by atoms with Crippen molar-refractivity contribution in [1.29, 1.82) is 0 Å². The molecule has 0 fully saturated rings. The molecule has 59 heavy (non-hydrogen) atoms. The van der Waals surface area contributed by atoms with Crippen molar-refractivity contribution < 1.29 is 18.9 Å². The second kappa shape index (κ2) is 16.1. The lowest BCUT2D eigenvalue weighted by molar-refractivity contribution is 0.414. The summed E-state index contributed by atoms with van der Waals surface area (Å²) in [6.45, 7) is 0. The number of anilines is 6. The molecule has 7 heteroatoms. The molecule has 1 aromatic heterocycles. The van der Waals surface area contributed by atoms with Gasteiger partial charge in [0, 0.05) is 50.6 Å². The third-order valence-electron chi connectivity index (χ3n) is 10.8. The summed E-state index contributed by atoms with van der Waals surface area (Å²) in [7, 11) is 6.74. The van der Waals surface area contributed by atoms with Gasteiger partial charge in [-0.05, 0) is 163 Å². The van der Waals surface area contributed by atoms with Gasteiger partial charge in [-0.3, -0.25) is 0 Å². The fourth-order valence-electron chi connectivity index (χ4n) is 7.80. The number of para-hydroxylation sites is 1. The fourth-order valence-corrected chi connectivity index (χ4v) is 7.80. The quantitative estimate of drug-likeness (QED) is 0.123. The fraction of sp³-hybridized carbons (Fsp3) is 0.0769. The number of hydrogen-bond donors (Lipinski definition) is 0. The second-order valence-electron chi connectivity index (χ2n) is 14.1. The van der Waals surface area contributed by atoms with Gasteiger partial charge in [-0.25, -0.2) is 0 Å². The molecule has 0 aliphatic rings. The summed E-state index contributed by atoms with van der Waals surface area (Å²) in [5.74, 6) is 3.25. The predicted octanol–water partition coefficient (Wildman–Crippen LogP) is 13.4. The highest BCUT2D eigenvalue weighted by Crippen LogP contribution is 2.41. The van der Waals surface area contributed by atoms with Crippen LogP contribution in [0.2, 0.25) is 0 Å². The maximum atomic E-state index is 5.46. The van der Waals surface area contributed by atoms with Crippen LogP contribution in [0.1, 0.15) is 0 Å². The molecule has 0 amide bonds. The molecule has 0 bridgehead atoms. The van der Waals surface area contributed by atoms with Gasteiger partial charge in [0.1, 0.15) is 23.0 Å². The number of rotatable bonds is 12. The zero-order chi connectivity index (χ0) is 40.3. The van der Waals surface area contributed by atoms with Crippen LogP contribution in [0.4, 0.5) is 34.1 Å². The summed E-state index contributed by atoms with van der Waals surface area (Å²) in [5, 5.41) is 2.40. The van der Waals surface area contributed by atoms with Crippen molar-refractivity contribution in [3.63, 3.8) is 0 Å². The smallest absolute Gasteiger partial charge is 0.119 e. The Balaban J connectivity index is 1.07. The standard InChI is InChI=1S/C52H43N3O4/c1-56-45-26-18-40(19-27-45)53(41-20-28-46(57-2)29-21-41)38-12-9-36(10-13-38)37-11-34-52-50(35-37)49-7-5-6-8-51(49)55(52)44-16-14-39(15-17-44)54(42-22-30-47(58-3)31-23-42)43-24-32-48(59-4)33-25-43/h5-35H,1-4H3. The van der Waals surface area contributed by atoms with Gasteiger partial charge < -0.3 is 33.3 Å². The number of hydrogen-bond acceptors (Lipinski definition) is 6. The van der Waals surface area contributed by atoms with Gasteiger partial charge in [-0.1, -0.05) is 36.4 Å². The van der Waals surface area contributed by atoms with Gasteiger partial charge >= 0.3 is 0 Å². The molecule has 0 saturated heterocycles. The summed E-state index contributed by atoms with van der Waals surface area (Å²) >= 11 is 0. The van der Waals surface area contributed by atoms with Crippen molar-refractivity contribution in [3.8, 4) is 39.8 Å². The van der Waals surface area contributed by atoms with E-state index in [1.54, 1.807) is 28.4 Å². The minimum absolute atomic E-state index is 0.811. The van der Waals surface area contributed by atoms with E-state index in [-0.39, 0.29) is 0 Å². The number of nitrogens with zero attached hydrogens (tertiary/aromatic N) is 3. The van der Waals surface area contributed by atoms with Crippen molar-refractivity contribution >= 4 is 55.9 Å². The Hall–Kier alpha value is -7.64. The Morgan fingerprint density at radius 2 is 0.661 bits per heavy atom. The number of ether oxygens (including phenoxy) is 4. The summed E-state index contributed by atoms with van der Waals surface area (Å²) in [6.07, 6.45) is 0. The van der Waals surface area contributed by atoms with Crippen LogP contribution in [0, 0.1) is 0 Å². The highest BCUT2D eigenvalue weighted by Gasteiger charge is 2.18. The summed E-state index contributed by atoms with van der Waals surface area (Å²) in [5.41, 5.74) is 11.8. The lowest BCUT2D eigenvalue weighted by atomic mass is 10.0. The maximum absolute atomic E-state index is 5.46. The maximum Gasteiger partial charge on any atom is 0.119 e. The highest BCUT2D eigenvalue weighted by atomic mass is 16.5. The molecule has 7 nitrogen and oxygen atoms in total. The first-order valence-corrected chi connectivity index (χ1v) is 19.5. The van der Waals surface area contributed by atoms with Crippen LogP contribution < -0.4 is 28.7 Å². The van der Waals surface area contributed by atoms with E-state index in [4.69, 9.17) is 18.9 Å². The topological polar surface area (TPSA) is 48.3 Å². The van der Waals surface area contributed by atoms with Crippen LogP contribution in [0.25, 0.3) is 38.6 Å². The highest BCUT2D eigenvalue weighted by molar-refractivity contribution is 6.10. The van der Waals surface area contributed by atoms with Crippen molar-refractivity contribution in [1.82, 2.24) is 4.57 Å². The molecule has 0 spiro atoms. The van der Waals surface area contributed by atoms with E-state index in [1.807, 2.05) is 48.5 Å². The third-order valence-corrected chi connectivity index (χ3v) is 10.8. The van der Waals surface area contributed by atoms with Crippen LogP contribution in [0.5, 0.6) is 23.0 Å². The monoisotopic (exact) mass is 773 g/mol. The number of aromatic nitrogens is 1. The van der Waals surface area contributed by atoms with Crippen molar-refractivity contribution in [2.75, 3.05) is 38.2 Å². The van der Waals surface area contributed by atoms with Crippen LogP contribution in [0.3, 0.4) is 0 Å². The summed E-state index contributed by atoms with van der Waals surface area (Å²) < 4.78 is 24.2. The lowest BCUT2D eigenvalue weighted by Crippen LogP contribution is -2.10. The Labute approximate surface area is 344 Å². The van der Waals surface area contributed by atoms with Crippen molar-refractivity contribution in [3.05, 3.63) is 188 Å². The minimum Gasteiger partial charge on any atom is -0.497 e. The van der Waals surface area contributed by atoms with E-state index in [0.29, 0.717) is 0 Å². The zero-order valence-corrected chi connectivity index (χ0v) is 33.4. The van der Waals surface area contributed by atoms with Crippen LogP contribution >= 0.6 is 0 Å². The Morgan fingerprint density at radius 1 is 0.322 bits per heavy atom. The minimum atomic E-state index is 0.811. The van der Waals surface area contributed by atoms with Crippen molar-refractivity contribution in [2.24, 2.45) is 0 Å². The second-order valence-corrected chi connectivity index (χ2v) is 14.1. The molecule has 1 heterocycles. The average Bonchev–Trinajstić information content (AvgIpc) is 3.64. The van der Waals surface area contributed by atoms with Gasteiger partial charge in [-0.2, -0.15) is 0 Å². The molecule has 0 aliphatic heterocycles. The first-order valence-electron chi connectivity index (χ1n) is 19.5. The van der Waals surface area contributed by atoms with E-state index in [0.717, 1.165) is 85.0 Å². The molecular formula is C52H43N3O4. The van der Waals surface area contributed by atoms with E-state index < -0.39 is 0 Å². The van der Waals surface area contributed by atoms with Gasteiger partial charge in [0.25, 0.3) is 0 Å². The molecule has 0 radical (unpaired) electrons. The van der Waals surface area contributed by atoms with E-state index >= 15 is 0 Å². The van der Waals surface area contributed by atoms with Gasteiger partial charge in [0.2, 0.25) is 0 Å². The normalized spacial score (nSPS) is 11.1. The molecule has 9 aromatic rings. The van der Waals surface area contributed by atoms with E-state index in [2.05, 4.69) is 154 Å². The van der Waals surface area contributed by atoms with Gasteiger partial charge in [0.15, 0.2) is 0 Å². The van der Waals surface area contributed by atoms with Crippen LogP contribution in [0.15, 0.2) is 188 Å². The molecule has 0 saturated carbocycles. The third kappa shape index (κ3) is 7.15. The van der Waals surface area contributed by atoms with E-state index in [9.17, 15) is 0 Å². The first-order chi connectivity index (χ1) is 29.0. The first kappa shape index (κ1) is 37.0. The molecule has 290 valence electrons. The molecule has 0 unspecified atom stereocenters. The van der Waals surface area contributed by atoms with Crippen LogP contribution in [-0.4, -0.2) is 33.0 Å². The number of methoxy groups -OCH3 is 4. The Kier molecular flexibility index (Phi) is 10.1. The molecule has 0 N–H and O–H groups in total. The summed E-state index contributed by atoms with van der Waals surface area (Å²) in [6, 6.07) is 65.4. The predicted molar refractivity (Wildman–Crippen MR) is 242 cm³/mol. The molecular weight excluding hydrogens is 731 g/mol. The molecule has 0 atom stereocenters. The molecule has 8 aromatic carbocycles. The van der Waals surface area contributed by atoms with Crippen molar-refractivity contribution in [2.45, 2.75) is 0 Å². The van der Waals surface area contributed by atoms with Crippen LogP contribution in [-0.2, 0) is 0 Å². The van der Waals surface area contributed by atoms with E-state index in [1.165, 1.54) is 10.8 Å². The molecule has 0 aliphatic carbocycles. The number of fused-ring (bicyclic) bond motifs is 3. The van der Waals surface area contributed by atoms with Gasteiger partial charge in [-0.15, -0.1) is 0 Å². The summed E-state index contributed by atoms with van der Waals surface area (Å²) in [4.78, 5) is 4.47. The molecule has 9 rings (SSSR count). The number of benzene rings is 8. The van der Waals surface area contributed by atoms with Gasteiger partial charge in [0.05, 0.1) is 39.5 Å². The Morgan fingerprint density at radius 3 is 1.07 bits per heavy atom. The average molecular weight is 774 g/mol. The lowest BCUT2D eigenvalue weighted by Gasteiger charge is -2.26. The Bertz CT molecular complexity index is 2740. The zero-order valence-electron chi connectivity index (χ0n) is 33.4. The SMILES string of the molecule is COc1ccc(N(c2ccc(OC)cc2)c2ccc(-c3ccc4c(c3)c3ccccc3n4-c3ccc(N(c4ccc(OC)cc4)c4ccc(OC)cc4)cc3)cc2)cc1.